The molecular weight excluding hydrogens is 331 g/mol. The predicted octanol–water partition coefficient (Wildman–Crippen LogP) is 2.66. The highest BCUT2D eigenvalue weighted by molar-refractivity contribution is 7.91. The molecular formula is C15H12F3NO3S. The van der Waals surface area contributed by atoms with E-state index in [1.165, 1.54) is 18.2 Å². The average Bonchev–Trinajstić information content (AvgIpc) is 2.43. The lowest BCUT2D eigenvalue weighted by Gasteiger charge is -2.08. The van der Waals surface area contributed by atoms with Gasteiger partial charge in [-0.1, -0.05) is 18.2 Å². The molecule has 0 aromatic heterocycles. The van der Waals surface area contributed by atoms with E-state index in [-0.39, 0.29) is 11.3 Å². The van der Waals surface area contributed by atoms with Gasteiger partial charge in [-0.05, 0) is 18.2 Å². The van der Waals surface area contributed by atoms with Gasteiger partial charge in [0, 0.05) is 11.6 Å². The highest BCUT2D eigenvalue weighted by Gasteiger charge is 2.20. The second-order valence-electron chi connectivity index (χ2n) is 4.80. The van der Waals surface area contributed by atoms with Gasteiger partial charge in [0.05, 0.1) is 11.4 Å². The molecule has 1 N–H and O–H groups in total. The van der Waals surface area contributed by atoms with Crippen molar-refractivity contribution in [3.05, 3.63) is 65.5 Å². The van der Waals surface area contributed by atoms with Gasteiger partial charge in [-0.25, -0.2) is 21.6 Å². The number of hydrogen-bond donors (Lipinski definition) is 1. The maximum absolute atomic E-state index is 13.4. The smallest absolute Gasteiger partial charge is 0.239 e. The van der Waals surface area contributed by atoms with Crippen LogP contribution in [0.5, 0.6) is 0 Å². The summed E-state index contributed by atoms with van der Waals surface area (Å²) in [6, 6.07) is 7.75. The normalized spacial score (nSPS) is 11.3. The van der Waals surface area contributed by atoms with E-state index in [2.05, 4.69) is 0 Å². The molecule has 0 aliphatic rings. The van der Waals surface area contributed by atoms with Gasteiger partial charge in [0.2, 0.25) is 5.91 Å². The first kappa shape index (κ1) is 17.0. The molecule has 0 saturated carbocycles. The molecule has 122 valence electrons. The first-order chi connectivity index (χ1) is 10.8. The van der Waals surface area contributed by atoms with Crippen molar-refractivity contribution in [2.45, 2.75) is 5.75 Å². The van der Waals surface area contributed by atoms with Crippen LogP contribution >= 0.6 is 0 Å². The van der Waals surface area contributed by atoms with Crippen LogP contribution in [0.15, 0.2) is 42.5 Å². The van der Waals surface area contributed by atoms with Crippen molar-refractivity contribution in [2.24, 2.45) is 0 Å². The predicted molar refractivity (Wildman–Crippen MR) is 78.9 cm³/mol. The summed E-state index contributed by atoms with van der Waals surface area (Å²) in [4.78, 5) is 11.7. The number of halogens is 3. The molecule has 0 saturated heterocycles. The Morgan fingerprint density at radius 1 is 1.00 bits per heavy atom. The topological polar surface area (TPSA) is 63.2 Å². The Bertz CT molecular complexity index is 838. The highest BCUT2D eigenvalue weighted by Crippen LogP contribution is 2.16. The summed E-state index contributed by atoms with van der Waals surface area (Å²) in [6.45, 7) is 0. The van der Waals surface area contributed by atoms with Crippen LogP contribution < -0.4 is 5.32 Å². The molecule has 0 fully saturated rings. The van der Waals surface area contributed by atoms with E-state index in [1.807, 2.05) is 5.32 Å². The molecule has 0 atom stereocenters. The van der Waals surface area contributed by atoms with E-state index in [0.29, 0.717) is 6.07 Å². The lowest BCUT2D eigenvalue weighted by molar-refractivity contribution is -0.113. The highest BCUT2D eigenvalue weighted by atomic mass is 32.2. The number of amides is 1. The fraction of sp³-hybridized carbons (Fsp3) is 0.133. The van der Waals surface area contributed by atoms with Gasteiger partial charge < -0.3 is 5.32 Å². The Morgan fingerprint density at radius 2 is 1.70 bits per heavy atom. The van der Waals surface area contributed by atoms with Crippen LogP contribution in [0.3, 0.4) is 0 Å². The number of hydrogen-bond acceptors (Lipinski definition) is 3. The number of sulfone groups is 1. The van der Waals surface area contributed by atoms with Crippen molar-refractivity contribution >= 4 is 21.4 Å². The number of benzene rings is 2. The summed E-state index contributed by atoms with van der Waals surface area (Å²) >= 11 is 0. The minimum atomic E-state index is -3.95. The zero-order valence-electron chi connectivity index (χ0n) is 11.7. The Kier molecular flexibility index (Phi) is 5.05. The number of nitrogens with one attached hydrogen (secondary N) is 1. The largest absolute Gasteiger partial charge is 0.323 e. The molecule has 0 bridgehead atoms. The summed E-state index contributed by atoms with van der Waals surface area (Å²) in [5.74, 6) is -5.14. The van der Waals surface area contributed by atoms with Crippen LogP contribution in [0.2, 0.25) is 0 Å². The average molecular weight is 343 g/mol. The van der Waals surface area contributed by atoms with E-state index in [1.54, 1.807) is 0 Å². The van der Waals surface area contributed by atoms with Crippen molar-refractivity contribution in [1.29, 1.82) is 0 Å². The molecule has 0 aliphatic heterocycles. The molecule has 1 amide bonds. The Morgan fingerprint density at radius 3 is 2.35 bits per heavy atom. The first-order valence-corrected chi connectivity index (χ1v) is 8.28. The van der Waals surface area contributed by atoms with Crippen LogP contribution in [0.25, 0.3) is 0 Å². The van der Waals surface area contributed by atoms with E-state index >= 15 is 0 Å². The van der Waals surface area contributed by atoms with Gasteiger partial charge in [-0.15, -0.1) is 0 Å². The van der Waals surface area contributed by atoms with E-state index < -0.39 is 44.7 Å². The molecule has 2 rings (SSSR count). The van der Waals surface area contributed by atoms with Crippen molar-refractivity contribution in [1.82, 2.24) is 0 Å². The molecule has 0 radical (unpaired) electrons. The fourth-order valence-corrected chi connectivity index (χ4v) is 3.16. The van der Waals surface area contributed by atoms with Gasteiger partial charge in [0.25, 0.3) is 0 Å². The third-order valence-corrected chi connectivity index (χ3v) is 4.34. The molecule has 2 aromatic carbocycles. The van der Waals surface area contributed by atoms with Crippen molar-refractivity contribution in [3.8, 4) is 0 Å². The summed E-state index contributed by atoms with van der Waals surface area (Å²) < 4.78 is 63.4. The number of rotatable bonds is 5. The van der Waals surface area contributed by atoms with E-state index in [0.717, 1.165) is 18.2 Å². The third kappa shape index (κ3) is 4.82. The van der Waals surface area contributed by atoms with E-state index in [4.69, 9.17) is 0 Å². The first-order valence-electron chi connectivity index (χ1n) is 6.45. The molecule has 23 heavy (non-hydrogen) atoms. The third-order valence-electron chi connectivity index (χ3n) is 2.89. The maximum Gasteiger partial charge on any atom is 0.239 e. The fourth-order valence-electron chi connectivity index (χ4n) is 1.88. The SMILES string of the molecule is O=C(CS(=O)(=O)Cc1ccccc1F)Nc1ccc(F)cc1F. The lowest BCUT2D eigenvalue weighted by Crippen LogP contribution is -2.24. The standard InChI is InChI=1S/C15H12F3NO3S/c16-11-5-6-14(13(18)7-11)19-15(20)9-23(21,22)8-10-3-1-2-4-12(10)17/h1-7H,8-9H2,(H,19,20). The number of anilines is 1. The van der Waals surface area contributed by atoms with Gasteiger partial charge in [-0.3, -0.25) is 4.79 Å². The summed E-state index contributed by atoms with van der Waals surface area (Å²) in [7, 11) is -3.95. The molecule has 0 spiro atoms. The Hall–Kier alpha value is -2.35. The quantitative estimate of drug-likeness (QED) is 0.908. The second kappa shape index (κ2) is 6.82. The molecule has 0 unspecified atom stereocenters. The van der Waals surface area contributed by atoms with E-state index in [9.17, 15) is 26.4 Å². The van der Waals surface area contributed by atoms with Gasteiger partial charge in [-0.2, -0.15) is 0 Å². The van der Waals surface area contributed by atoms with Gasteiger partial charge >= 0.3 is 0 Å². The van der Waals surface area contributed by atoms with Gasteiger partial charge in [0.15, 0.2) is 9.84 Å². The molecule has 4 nitrogen and oxygen atoms in total. The van der Waals surface area contributed by atoms with Crippen molar-refractivity contribution < 1.29 is 26.4 Å². The molecule has 2 aromatic rings. The molecule has 0 aliphatic carbocycles. The lowest BCUT2D eigenvalue weighted by atomic mass is 10.2. The van der Waals surface area contributed by atoms with Crippen LogP contribution in [-0.2, 0) is 20.4 Å². The zero-order chi connectivity index (χ0) is 17.0. The number of carbonyl (C=O) groups excluding carboxylic acids is 1. The zero-order valence-corrected chi connectivity index (χ0v) is 12.5. The molecule has 0 heterocycles. The Labute approximate surface area is 130 Å². The van der Waals surface area contributed by atoms with Crippen molar-refractivity contribution in [2.75, 3.05) is 11.1 Å². The summed E-state index contributed by atoms with van der Waals surface area (Å²) in [5, 5.41) is 2.04. The summed E-state index contributed by atoms with van der Waals surface area (Å²) in [6.07, 6.45) is 0. The molecule has 8 heteroatoms. The Balaban J connectivity index is 2.05. The second-order valence-corrected chi connectivity index (χ2v) is 6.86. The minimum absolute atomic E-state index is 0.0618. The van der Waals surface area contributed by atoms with Crippen LogP contribution in [0, 0.1) is 17.5 Å². The number of carbonyl (C=O) groups is 1. The van der Waals surface area contributed by atoms with Crippen LogP contribution in [0.1, 0.15) is 5.56 Å². The van der Waals surface area contributed by atoms with Gasteiger partial charge in [0.1, 0.15) is 23.2 Å². The minimum Gasteiger partial charge on any atom is -0.323 e. The van der Waals surface area contributed by atoms with Crippen molar-refractivity contribution in [3.63, 3.8) is 0 Å². The maximum atomic E-state index is 13.4. The van der Waals surface area contributed by atoms with Crippen LogP contribution in [0.4, 0.5) is 18.9 Å². The summed E-state index contributed by atoms with van der Waals surface area (Å²) in [5.41, 5.74) is -0.397. The monoisotopic (exact) mass is 343 g/mol. The van der Waals surface area contributed by atoms with Crippen LogP contribution in [-0.4, -0.2) is 20.1 Å².